The van der Waals surface area contributed by atoms with Gasteiger partial charge in [-0.15, -0.1) is 0 Å². The van der Waals surface area contributed by atoms with E-state index in [1.54, 1.807) is 23.2 Å². The number of aromatic nitrogens is 1. The second kappa shape index (κ2) is 9.46. The summed E-state index contributed by atoms with van der Waals surface area (Å²) in [4.78, 5) is 32.8. The van der Waals surface area contributed by atoms with Crippen LogP contribution in [-0.2, 0) is 0 Å². The van der Waals surface area contributed by atoms with E-state index in [9.17, 15) is 22.8 Å². The summed E-state index contributed by atoms with van der Waals surface area (Å²) in [6.07, 6.45) is 4.68. The number of likely N-dealkylation sites (tertiary alicyclic amines) is 2. The molecule has 1 aromatic heterocycles. The smallest absolute Gasteiger partial charge is 0.321 e. The zero-order chi connectivity index (χ0) is 22.7. The number of hydrogen-bond donors (Lipinski definition) is 1. The highest BCUT2D eigenvalue weighted by atomic mass is 19.2. The quantitative estimate of drug-likeness (QED) is 0.722. The van der Waals surface area contributed by atoms with Gasteiger partial charge in [-0.05, 0) is 31.4 Å². The Balaban J connectivity index is 1.38. The molecule has 1 unspecified atom stereocenters. The SMILES string of the molecule is O=C(Nc1cc(F)c(F)c(F)c1)N1CCC(Oc2ncccc2C(=O)N2CCCCC2)C1. The Morgan fingerprint density at radius 1 is 1.03 bits per heavy atom. The van der Waals surface area contributed by atoms with Crippen molar-refractivity contribution in [3.05, 3.63) is 53.5 Å². The van der Waals surface area contributed by atoms with Gasteiger partial charge in [0.25, 0.3) is 5.91 Å². The topological polar surface area (TPSA) is 74.8 Å². The third kappa shape index (κ3) is 4.79. The molecule has 0 spiro atoms. The number of rotatable bonds is 4. The van der Waals surface area contributed by atoms with Gasteiger partial charge >= 0.3 is 6.03 Å². The molecular weight excluding hydrogens is 425 g/mol. The molecule has 2 saturated heterocycles. The van der Waals surface area contributed by atoms with Crippen LogP contribution < -0.4 is 10.1 Å². The third-order valence-electron chi connectivity index (χ3n) is 5.59. The van der Waals surface area contributed by atoms with Crippen molar-refractivity contribution < 1.29 is 27.5 Å². The minimum atomic E-state index is -1.59. The number of nitrogens with one attached hydrogen (secondary N) is 1. The van der Waals surface area contributed by atoms with Gasteiger partial charge < -0.3 is 19.9 Å². The largest absolute Gasteiger partial charge is 0.472 e. The van der Waals surface area contributed by atoms with Crippen LogP contribution in [0.2, 0.25) is 0 Å². The molecule has 32 heavy (non-hydrogen) atoms. The van der Waals surface area contributed by atoms with Gasteiger partial charge in [-0.3, -0.25) is 4.79 Å². The fourth-order valence-electron chi connectivity index (χ4n) is 3.91. The standard InChI is InChI=1S/C22H23F3N4O3/c23-17-11-14(12-18(24)19(17)25)27-22(31)29-10-6-15(13-29)32-20-16(5-4-7-26-20)21(30)28-8-2-1-3-9-28/h4-5,7,11-12,15H,1-3,6,8-10,13H2,(H,27,31). The van der Waals surface area contributed by atoms with Crippen LogP contribution >= 0.6 is 0 Å². The third-order valence-corrected chi connectivity index (χ3v) is 5.59. The first kappa shape index (κ1) is 21.9. The first-order valence-electron chi connectivity index (χ1n) is 10.5. The first-order valence-corrected chi connectivity index (χ1v) is 10.5. The van der Waals surface area contributed by atoms with E-state index in [4.69, 9.17) is 4.74 Å². The van der Waals surface area contributed by atoms with Gasteiger partial charge in [-0.1, -0.05) is 0 Å². The molecule has 10 heteroatoms. The summed E-state index contributed by atoms with van der Waals surface area (Å²) in [5, 5.41) is 2.36. The van der Waals surface area contributed by atoms with Crippen molar-refractivity contribution in [2.45, 2.75) is 31.8 Å². The highest BCUT2D eigenvalue weighted by Gasteiger charge is 2.30. The molecule has 0 radical (unpaired) electrons. The second-order valence-corrected chi connectivity index (χ2v) is 7.87. The van der Waals surface area contributed by atoms with Crippen LogP contribution in [0.5, 0.6) is 5.88 Å². The van der Waals surface area contributed by atoms with Crippen LogP contribution in [0.15, 0.2) is 30.5 Å². The molecule has 1 N–H and O–H groups in total. The Morgan fingerprint density at radius 3 is 2.47 bits per heavy atom. The van der Waals surface area contributed by atoms with Crippen LogP contribution in [0.4, 0.5) is 23.7 Å². The maximum atomic E-state index is 13.4. The molecule has 2 aromatic rings. The molecule has 0 saturated carbocycles. The Bertz CT molecular complexity index is 991. The van der Waals surface area contributed by atoms with Crippen molar-refractivity contribution in [2.75, 3.05) is 31.5 Å². The fourth-order valence-corrected chi connectivity index (χ4v) is 3.91. The first-order chi connectivity index (χ1) is 15.4. The zero-order valence-corrected chi connectivity index (χ0v) is 17.3. The number of carbonyl (C=O) groups excluding carboxylic acids is 2. The predicted octanol–water partition coefficient (Wildman–Crippen LogP) is 3.81. The fraction of sp³-hybridized carbons (Fsp3) is 0.409. The minimum absolute atomic E-state index is 0.124. The molecular formula is C22H23F3N4O3. The molecule has 4 rings (SSSR count). The van der Waals surface area contributed by atoms with E-state index < -0.39 is 29.6 Å². The number of hydrogen-bond acceptors (Lipinski definition) is 4. The van der Waals surface area contributed by atoms with Gasteiger partial charge in [0.05, 0.1) is 6.54 Å². The lowest BCUT2D eigenvalue weighted by molar-refractivity contribution is 0.0715. The number of carbonyl (C=O) groups is 2. The zero-order valence-electron chi connectivity index (χ0n) is 17.3. The lowest BCUT2D eigenvalue weighted by Crippen LogP contribution is -2.36. The number of urea groups is 1. The number of ether oxygens (including phenoxy) is 1. The van der Waals surface area contributed by atoms with Crippen molar-refractivity contribution in [1.82, 2.24) is 14.8 Å². The van der Waals surface area contributed by atoms with Crippen LogP contribution in [0, 0.1) is 17.5 Å². The summed E-state index contributed by atoms with van der Waals surface area (Å²) >= 11 is 0. The van der Waals surface area contributed by atoms with Gasteiger partial charge in [0.15, 0.2) is 17.5 Å². The average molecular weight is 448 g/mol. The summed E-state index contributed by atoms with van der Waals surface area (Å²) in [5.41, 5.74) is 0.199. The Kier molecular flexibility index (Phi) is 6.48. The number of nitrogens with zero attached hydrogens (tertiary/aromatic N) is 3. The monoisotopic (exact) mass is 448 g/mol. The molecule has 2 aliphatic heterocycles. The molecule has 0 bridgehead atoms. The number of pyridine rings is 1. The molecule has 2 fully saturated rings. The summed E-state index contributed by atoms with van der Waals surface area (Å²) in [7, 11) is 0. The number of halogens is 3. The maximum Gasteiger partial charge on any atom is 0.321 e. The molecule has 1 atom stereocenters. The lowest BCUT2D eigenvalue weighted by atomic mass is 10.1. The van der Waals surface area contributed by atoms with Gasteiger partial charge in [0, 0.05) is 50.1 Å². The number of amides is 3. The van der Waals surface area contributed by atoms with Crippen LogP contribution in [0.1, 0.15) is 36.0 Å². The number of anilines is 1. The van der Waals surface area contributed by atoms with Crippen LogP contribution in [-0.4, -0.2) is 59.0 Å². The second-order valence-electron chi connectivity index (χ2n) is 7.87. The van der Waals surface area contributed by atoms with E-state index >= 15 is 0 Å². The Labute approximate surface area is 183 Å². The van der Waals surface area contributed by atoms with Crippen LogP contribution in [0.25, 0.3) is 0 Å². The van der Waals surface area contributed by atoms with Crippen molar-refractivity contribution in [2.24, 2.45) is 0 Å². The summed E-state index contributed by atoms with van der Waals surface area (Å²) in [6, 6.07) is 4.20. The van der Waals surface area contributed by atoms with Gasteiger partial charge in [0.2, 0.25) is 5.88 Å². The lowest BCUT2D eigenvalue weighted by Gasteiger charge is -2.27. The molecule has 7 nitrogen and oxygen atoms in total. The summed E-state index contributed by atoms with van der Waals surface area (Å²) in [5.74, 6) is -4.27. The number of piperidine rings is 1. The average Bonchev–Trinajstić information content (AvgIpc) is 3.26. The highest BCUT2D eigenvalue weighted by Crippen LogP contribution is 2.24. The Morgan fingerprint density at radius 2 is 1.75 bits per heavy atom. The molecule has 170 valence electrons. The molecule has 3 heterocycles. The van der Waals surface area contributed by atoms with Crippen molar-refractivity contribution in [1.29, 1.82) is 0 Å². The van der Waals surface area contributed by atoms with E-state index in [0.29, 0.717) is 43.8 Å². The number of benzene rings is 1. The molecule has 3 amide bonds. The van der Waals surface area contributed by atoms with E-state index in [-0.39, 0.29) is 24.0 Å². The van der Waals surface area contributed by atoms with Gasteiger partial charge in [0.1, 0.15) is 11.7 Å². The Hall–Kier alpha value is -3.30. The molecule has 2 aliphatic rings. The molecule has 0 aliphatic carbocycles. The predicted molar refractivity (Wildman–Crippen MR) is 110 cm³/mol. The van der Waals surface area contributed by atoms with E-state index in [1.807, 2.05) is 0 Å². The molecule has 1 aromatic carbocycles. The summed E-state index contributed by atoms with van der Waals surface area (Å²) in [6.45, 7) is 1.95. The normalized spacial score (nSPS) is 18.5. The minimum Gasteiger partial charge on any atom is -0.472 e. The van der Waals surface area contributed by atoms with Crippen molar-refractivity contribution >= 4 is 17.6 Å². The van der Waals surface area contributed by atoms with E-state index in [1.165, 1.54) is 4.90 Å². The van der Waals surface area contributed by atoms with Crippen molar-refractivity contribution in [3.63, 3.8) is 0 Å². The van der Waals surface area contributed by atoms with E-state index in [2.05, 4.69) is 10.3 Å². The highest BCUT2D eigenvalue weighted by molar-refractivity contribution is 5.96. The van der Waals surface area contributed by atoms with E-state index in [0.717, 1.165) is 19.3 Å². The van der Waals surface area contributed by atoms with Gasteiger partial charge in [-0.25, -0.2) is 22.9 Å². The van der Waals surface area contributed by atoms with Crippen LogP contribution in [0.3, 0.4) is 0 Å². The summed E-state index contributed by atoms with van der Waals surface area (Å²) < 4.78 is 45.8. The van der Waals surface area contributed by atoms with Crippen molar-refractivity contribution in [3.8, 4) is 5.88 Å². The van der Waals surface area contributed by atoms with Gasteiger partial charge in [-0.2, -0.15) is 0 Å². The maximum absolute atomic E-state index is 13.4.